The molecule has 0 saturated heterocycles. The summed E-state index contributed by atoms with van der Waals surface area (Å²) in [4.78, 5) is 28.6. The predicted octanol–water partition coefficient (Wildman–Crippen LogP) is 1.53. The molecule has 0 amide bonds. The Morgan fingerprint density at radius 2 is 1.83 bits per heavy atom. The molecule has 6 nitrogen and oxygen atoms in total. The number of halogens is 1. The van der Waals surface area contributed by atoms with Gasteiger partial charge in [0, 0.05) is 37.5 Å². The van der Waals surface area contributed by atoms with E-state index < -0.39 is 5.82 Å². The molecule has 7 heteroatoms. The number of hydrogen-bond donors (Lipinski definition) is 1. The minimum absolute atomic E-state index is 0.0211. The maximum atomic E-state index is 13.6. The lowest BCUT2D eigenvalue weighted by Crippen LogP contribution is -2.25. The Morgan fingerprint density at radius 1 is 1.08 bits per heavy atom. The second-order valence-corrected chi connectivity index (χ2v) is 5.44. The van der Waals surface area contributed by atoms with Gasteiger partial charge in [0.05, 0.1) is 11.3 Å². The highest BCUT2D eigenvalue weighted by Gasteiger charge is 2.17. The zero-order chi connectivity index (χ0) is 17.4. The Kier molecular flexibility index (Phi) is 3.76. The molecule has 2 heterocycles. The van der Waals surface area contributed by atoms with Crippen LogP contribution in [0.15, 0.2) is 52.2 Å². The van der Waals surface area contributed by atoms with Crippen LogP contribution in [0.5, 0.6) is 0 Å². The van der Waals surface area contributed by atoms with Crippen LogP contribution in [0.4, 0.5) is 10.3 Å². The van der Waals surface area contributed by atoms with Crippen molar-refractivity contribution in [2.45, 2.75) is 0 Å². The van der Waals surface area contributed by atoms with E-state index >= 15 is 0 Å². The van der Waals surface area contributed by atoms with Crippen molar-refractivity contribution in [3.8, 4) is 22.4 Å². The summed E-state index contributed by atoms with van der Waals surface area (Å²) in [7, 11) is 3.09. The third-order valence-corrected chi connectivity index (χ3v) is 3.80. The molecule has 122 valence electrons. The molecule has 0 aliphatic carbocycles. The summed E-state index contributed by atoms with van der Waals surface area (Å²) >= 11 is 0. The molecule has 0 spiro atoms. The highest BCUT2D eigenvalue weighted by atomic mass is 19.1. The Balaban J connectivity index is 2.39. The van der Waals surface area contributed by atoms with E-state index in [0.717, 1.165) is 0 Å². The lowest BCUT2D eigenvalue weighted by molar-refractivity contribution is 0.628. The number of pyridine rings is 1. The Bertz CT molecular complexity index is 1050. The number of nitrogens with zero attached hydrogens (tertiary/aromatic N) is 3. The maximum absolute atomic E-state index is 13.6. The number of benzene rings is 1. The van der Waals surface area contributed by atoms with E-state index in [0.29, 0.717) is 11.1 Å². The highest BCUT2D eigenvalue weighted by molar-refractivity contribution is 5.80. The Morgan fingerprint density at radius 3 is 2.50 bits per heavy atom. The average Bonchev–Trinajstić information content (AvgIpc) is 2.55. The lowest BCUT2D eigenvalue weighted by atomic mass is 10.0. The lowest BCUT2D eigenvalue weighted by Gasteiger charge is -2.13. The molecule has 0 radical (unpaired) electrons. The molecular weight excluding hydrogens is 311 g/mol. The molecule has 24 heavy (non-hydrogen) atoms. The number of aryl methyl sites for hydroxylation is 1. The minimum Gasteiger partial charge on any atom is -0.369 e. The third-order valence-electron chi connectivity index (χ3n) is 3.80. The second kappa shape index (κ2) is 5.77. The molecular formula is C17H15FN4O2. The molecule has 0 fully saturated rings. The first-order chi connectivity index (χ1) is 11.4. The van der Waals surface area contributed by atoms with Crippen LogP contribution in [0.2, 0.25) is 0 Å². The van der Waals surface area contributed by atoms with Gasteiger partial charge in [-0.1, -0.05) is 12.1 Å². The number of aromatic nitrogens is 3. The van der Waals surface area contributed by atoms with Crippen LogP contribution in [-0.4, -0.2) is 14.1 Å². The van der Waals surface area contributed by atoms with Crippen LogP contribution in [-0.2, 0) is 14.1 Å². The number of anilines is 1. The number of rotatable bonds is 2. The van der Waals surface area contributed by atoms with Crippen molar-refractivity contribution in [1.82, 2.24) is 14.1 Å². The molecule has 0 unspecified atom stereocenters. The molecule has 0 atom stereocenters. The summed E-state index contributed by atoms with van der Waals surface area (Å²) < 4.78 is 16.2. The zero-order valence-corrected chi connectivity index (χ0v) is 13.2. The highest BCUT2D eigenvalue weighted by Crippen LogP contribution is 2.28. The Labute approximate surface area is 136 Å². The molecule has 3 rings (SSSR count). The fourth-order valence-electron chi connectivity index (χ4n) is 2.47. The van der Waals surface area contributed by atoms with E-state index in [2.05, 4.69) is 4.98 Å². The van der Waals surface area contributed by atoms with Crippen molar-refractivity contribution in [3.63, 3.8) is 0 Å². The number of hydrogen-bond acceptors (Lipinski definition) is 4. The molecule has 0 saturated carbocycles. The van der Waals surface area contributed by atoms with E-state index in [-0.39, 0.29) is 28.3 Å². The van der Waals surface area contributed by atoms with Gasteiger partial charge < -0.3 is 10.3 Å². The van der Waals surface area contributed by atoms with Crippen molar-refractivity contribution in [2.24, 2.45) is 14.1 Å². The normalized spacial score (nSPS) is 10.8. The van der Waals surface area contributed by atoms with Crippen molar-refractivity contribution >= 4 is 5.95 Å². The van der Waals surface area contributed by atoms with Gasteiger partial charge >= 0.3 is 0 Å². The smallest absolute Gasteiger partial charge is 0.263 e. The molecule has 0 bridgehead atoms. The van der Waals surface area contributed by atoms with Crippen molar-refractivity contribution in [2.75, 3.05) is 5.73 Å². The van der Waals surface area contributed by atoms with Crippen molar-refractivity contribution < 1.29 is 4.39 Å². The molecule has 0 aliphatic rings. The van der Waals surface area contributed by atoms with E-state index in [1.165, 1.54) is 40.4 Å². The van der Waals surface area contributed by atoms with Gasteiger partial charge in [-0.05, 0) is 18.2 Å². The largest absolute Gasteiger partial charge is 0.369 e. The topological polar surface area (TPSA) is 82.9 Å². The summed E-state index contributed by atoms with van der Waals surface area (Å²) in [5.41, 5.74) is 6.69. The summed E-state index contributed by atoms with van der Waals surface area (Å²) in [6, 6.07) is 8.67. The van der Waals surface area contributed by atoms with E-state index in [9.17, 15) is 14.0 Å². The third kappa shape index (κ3) is 2.60. The maximum Gasteiger partial charge on any atom is 0.263 e. The predicted molar refractivity (Wildman–Crippen MR) is 90.0 cm³/mol. The van der Waals surface area contributed by atoms with Crippen LogP contribution >= 0.6 is 0 Å². The summed E-state index contributed by atoms with van der Waals surface area (Å²) in [6.45, 7) is 0. The van der Waals surface area contributed by atoms with Gasteiger partial charge in [0.1, 0.15) is 5.82 Å². The van der Waals surface area contributed by atoms with Crippen LogP contribution in [0.3, 0.4) is 0 Å². The van der Waals surface area contributed by atoms with Crippen LogP contribution in [0.25, 0.3) is 22.4 Å². The zero-order valence-electron chi connectivity index (χ0n) is 13.2. The quantitative estimate of drug-likeness (QED) is 0.774. The molecule has 0 aliphatic heterocycles. The van der Waals surface area contributed by atoms with Gasteiger partial charge in [0.2, 0.25) is 11.5 Å². The van der Waals surface area contributed by atoms with Crippen LogP contribution in [0.1, 0.15) is 0 Å². The Hall–Kier alpha value is -3.22. The number of nitrogens with two attached hydrogens (primary N) is 1. The molecule has 1 aromatic carbocycles. The summed E-state index contributed by atoms with van der Waals surface area (Å²) in [6.07, 6.45) is 1.54. The van der Waals surface area contributed by atoms with Crippen LogP contribution in [0, 0.1) is 5.82 Å². The van der Waals surface area contributed by atoms with E-state index in [4.69, 9.17) is 5.73 Å². The van der Waals surface area contributed by atoms with Gasteiger partial charge in [-0.2, -0.15) is 0 Å². The van der Waals surface area contributed by atoms with Crippen molar-refractivity contribution in [3.05, 3.63) is 69.1 Å². The molecule has 2 N–H and O–H groups in total. The van der Waals surface area contributed by atoms with Gasteiger partial charge in [-0.25, -0.2) is 9.37 Å². The summed E-state index contributed by atoms with van der Waals surface area (Å²) in [5.74, 6) is -0.423. The standard InChI is InChI=1S/C17H15FN4O2/c1-21-9-11(6-7-13(21)23)14-15(10-4-3-5-12(18)8-10)20-17(19)22(2)16(14)24/h3-9H,1-2H3,(H2,19,20). The SMILES string of the molecule is Cn1cc(-c2c(-c3cccc(F)c3)nc(N)n(C)c2=O)ccc1=O. The first kappa shape index (κ1) is 15.7. The summed E-state index contributed by atoms with van der Waals surface area (Å²) in [5, 5.41) is 0. The monoisotopic (exact) mass is 326 g/mol. The fraction of sp³-hybridized carbons (Fsp3) is 0.118. The molecule has 2 aromatic heterocycles. The average molecular weight is 326 g/mol. The first-order valence-electron chi connectivity index (χ1n) is 7.18. The van der Waals surface area contributed by atoms with E-state index in [1.807, 2.05) is 0 Å². The molecule has 3 aromatic rings. The number of nitrogen functional groups attached to an aromatic ring is 1. The van der Waals surface area contributed by atoms with Gasteiger partial charge in [-0.3, -0.25) is 14.2 Å². The van der Waals surface area contributed by atoms with Crippen LogP contribution < -0.4 is 16.9 Å². The van der Waals surface area contributed by atoms with Gasteiger partial charge in [-0.15, -0.1) is 0 Å². The van der Waals surface area contributed by atoms with Crippen molar-refractivity contribution in [1.29, 1.82) is 0 Å². The van der Waals surface area contributed by atoms with E-state index in [1.54, 1.807) is 25.4 Å². The second-order valence-electron chi connectivity index (χ2n) is 5.44. The van der Waals surface area contributed by atoms with Gasteiger partial charge in [0.25, 0.3) is 5.56 Å². The van der Waals surface area contributed by atoms with Gasteiger partial charge in [0.15, 0.2) is 0 Å². The first-order valence-corrected chi connectivity index (χ1v) is 7.18. The fourth-order valence-corrected chi connectivity index (χ4v) is 2.47. The minimum atomic E-state index is -0.444.